The van der Waals surface area contributed by atoms with Crippen molar-refractivity contribution in [2.45, 2.75) is 11.5 Å². The maximum Gasteiger partial charge on any atom is 0.350 e. The number of hydrogen-bond acceptors (Lipinski definition) is 9. The topological polar surface area (TPSA) is 154 Å². The molecule has 0 aliphatic carbocycles. The summed E-state index contributed by atoms with van der Waals surface area (Å²) in [5.74, 6) is -0.929. The lowest BCUT2D eigenvalue weighted by Crippen LogP contribution is -2.30. The largest absolute Gasteiger partial charge is 0.508 e. The molecule has 0 saturated heterocycles. The lowest BCUT2D eigenvalue weighted by atomic mass is 10.2. The second kappa shape index (κ2) is 6.16. The van der Waals surface area contributed by atoms with Crippen molar-refractivity contribution in [1.82, 2.24) is 9.55 Å². The molecule has 9 nitrogen and oxygen atoms in total. The molecule has 2 rings (SSSR count). The molecule has 0 amide bonds. The first-order valence-corrected chi connectivity index (χ1v) is 6.79. The summed E-state index contributed by atoms with van der Waals surface area (Å²) < 4.78 is 5.93. The molecular weight excluding hydrogens is 300 g/mol. The van der Waals surface area contributed by atoms with Gasteiger partial charge in [-0.15, -0.1) is 0 Å². The Labute approximate surface area is 123 Å². The van der Waals surface area contributed by atoms with Crippen LogP contribution in [0.4, 0.5) is 5.82 Å². The van der Waals surface area contributed by atoms with E-state index in [0.717, 1.165) is 16.3 Å². The van der Waals surface area contributed by atoms with Crippen LogP contribution in [0.5, 0.6) is 0 Å². The minimum Gasteiger partial charge on any atom is -0.508 e. The number of aliphatic hydroxyl groups excluding tert-OH is 2. The normalized spacial score (nSPS) is 21.6. The minimum atomic E-state index is -1.32. The number of nitrogens with zero attached hydrogens (tertiary/aromatic N) is 2. The van der Waals surface area contributed by atoms with E-state index in [-0.39, 0.29) is 29.6 Å². The molecule has 21 heavy (non-hydrogen) atoms. The molecule has 6 N–H and O–H groups in total. The number of aromatic nitrogens is 2. The van der Waals surface area contributed by atoms with Crippen LogP contribution >= 0.6 is 11.8 Å². The highest BCUT2D eigenvalue weighted by Crippen LogP contribution is 2.43. The lowest BCUT2D eigenvalue weighted by Gasteiger charge is -2.16. The quantitative estimate of drug-likeness (QED) is 0.496. The number of carbonyl (C=O) groups excluding carboxylic acids is 1. The fraction of sp³-hybridized carbons (Fsp3) is 0.364. The number of thioether (sulfide) groups is 1. The molecular formula is C11H14N4O5S. The molecule has 1 unspecified atom stereocenters. The van der Waals surface area contributed by atoms with Crippen molar-refractivity contribution in [2.24, 2.45) is 5.73 Å². The highest BCUT2D eigenvalue weighted by molar-refractivity contribution is 8.03. The van der Waals surface area contributed by atoms with Gasteiger partial charge in [0, 0.05) is 6.20 Å². The Bertz CT molecular complexity index is 644. The molecule has 0 saturated carbocycles. The van der Waals surface area contributed by atoms with Gasteiger partial charge >= 0.3 is 11.7 Å². The van der Waals surface area contributed by atoms with Crippen LogP contribution in [0.15, 0.2) is 27.7 Å². The fourth-order valence-corrected chi connectivity index (χ4v) is 2.90. The molecule has 2 heterocycles. The number of esters is 1. The molecule has 114 valence electrons. The van der Waals surface area contributed by atoms with E-state index in [1.54, 1.807) is 0 Å². The second-order valence-electron chi connectivity index (χ2n) is 4.17. The van der Waals surface area contributed by atoms with Crippen molar-refractivity contribution in [3.05, 3.63) is 33.4 Å². The molecule has 0 aromatic carbocycles. The number of rotatable bonds is 4. The molecule has 1 aliphatic heterocycles. The average Bonchev–Trinajstić information content (AvgIpc) is 2.73. The molecule has 0 radical (unpaired) electrons. The molecule has 10 heteroatoms. The predicted octanol–water partition coefficient (Wildman–Crippen LogP) is -1.30. The van der Waals surface area contributed by atoms with Crippen LogP contribution in [0.2, 0.25) is 0 Å². The zero-order chi connectivity index (χ0) is 15.6. The zero-order valence-corrected chi connectivity index (χ0v) is 11.6. The van der Waals surface area contributed by atoms with E-state index >= 15 is 0 Å². The SMILES string of the molecule is NCC(=O)OCC1=C(O)C(O)[C@H](n2ccc(N)nc2=O)S1. The summed E-state index contributed by atoms with van der Waals surface area (Å²) in [5, 5.41) is 19.0. The Kier molecular flexibility index (Phi) is 4.50. The Morgan fingerprint density at radius 1 is 1.57 bits per heavy atom. The maximum atomic E-state index is 11.7. The van der Waals surface area contributed by atoms with Gasteiger partial charge in [0.25, 0.3) is 0 Å². The van der Waals surface area contributed by atoms with Gasteiger partial charge in [-0.3, -0.25) is 9.36 Å². The van der Waals surface area contributed by atoms with Gasteiger partial charge in [0.2, 0.25) is 0 Å². The molecule has 1 aromatic heterocycles. The Morgan fingerprint density at radius 3 is 2.90 bits per heavy atom. The second-order valence-corrected chi connectivity index (χ2v) is 5.38. The van der Waals surface area contributed by atoms with Gasteiger partial charge in [0.15, 0.2) is 0 Å². The van der Waals surface area contributed by atoms with Gasteiger partial charge < -0.3 is 26.4 Å². The maximum absolute atomic E-state index is 11.7. The van der Waals surface area contributed by atoms with Gasteiger partial charge in [-0.05, 0) is 6.07 Å². The van der Waals surface area contributed by atoms with Crippen LogP contribution in [0, 0.1) is 0 Å². The van der Waals surface area contributed by atoms with Crippen LogP contribution in [-0.4, -0.2) is 45.0 Å². The van der Waals surface area contributed by atoms with Crippen molar-refractivity contribution in [3.8, 4) is 0 Å². The van der Waals surface area contributed by atoms with Crippen LogP contribution in [0.3, 0.4) is 0 Å². The van der Waals surface area contributed by atoms with E-state index in [4.69, 9.17) is 16.2 Å². The number of carbonyl (C=O) groups is 1. The van der Waals surface area contributed by atoms with E-state index in [1.807, 2.05) is 0 Å². The van der Waals surface area contributed by atoms with E-state index in [1.165, 1.54) is 12.3 Å². The summed E-state index contributed by atoms with van der Waals surface area (Å²) in [6.07, 6.45) is 0.0536. The summed E-state index contributed by atoms with van der Waals surface area (Å²) in [6, 6.07) is 1.40. The molecule has 0 spiro atoms. The highest BCUT2D eigenvalue weighted by atomic mass is 32.2. The molecule has 2 atom stereocenters. The fourth-order valence-electron chi connectivity index (χ4n) is 1.71. The summed E-state index contributed by atoms with van der Waals surface area (Å²) in [7, 11) is 0. The van der Waals surface area contributed by atoms with Crippen molar-refractivity contribution >= 4 is 23.5 Å². The van der Waals surface area contributed by atoms with Crippen LogP contribution in [-0.2, 0) is 9.53 Å². The lowest BCUT2D eigenvalue weighted by molar-refractivity contribution is -0.140. The number of aliphatic hydroxyl groups is 2. The average molecular weight is 314 g/mol. The monoisotopic (exact) mass is 314 g/mol. The van der Waals surface area contributed by atoms with Crippen molar-refractivity contribution in [2.75, 3.05) is 18.9 Å². The van der Waals surface area contributed by atoms with Crippen LogP contribution in [0.25, 0.3) is 0 Å². The predicted molar refractivity (Wildman–Crippen MR) is 75.2 cm³/mol. The Balaban J connectivity index is 2.16. The van der Waals surface area contributed by atoms with Crippen molar-refractivity contribution < 1.29 is 19.7 Å². The van der Waals surface area contributed by atoms with Gasteiger partial charge in [0.1, 0.15) is 29.7 Å². The number of hydrogen-bond donors (Lipinski definition) is 4. The zero-order valence-electron chi connectivity index (χ0n) is 10.8. The van der Waals surface area contributed by atoms with Crippen molar-refractivity contribution in [1.29, 1.82) is 0 Å². The standard InChI is InChI=1S/C11H14N4O5S/c12-3-7(16)20-4-5-8(17)9(18)10(21-5)15-2-1-6(13)14-11(15)19/h1-2,9-10,17-18H,3-4,12H2,(H2,13,14,19)/t9?,10-/m1/s1. The highest BCUT2D eigenvalue weighted by Gasteiger charge is 2.36. The number of nitrogens with two attached hydrogens (primary N) is 2. The van der Waals surface area contributed by atoms with E-state index in [2.05, 4.69) is 4.98 Å². The Hall–Kier alpha value is -2.04. The van der Waals surface area contributed by atoms with Gasteiger partial charge in [0.05, 0.1) is 11.4 Å². The third kappa shape index (κ3) is 3.17. The third-order valence-corrected chi connectivity index (χ3v) is 4.09. The van der Waals surface area contributed by atoms with E-state index in [9.17, 15) is 19.8 Å². The van der Waals surface area contributed by atoms with Gasteiger partial charge in [-0.1, -0.05) is 11.8 Å². The smallest absolute Gasteiger partial charge is 0.350 e. The van der Waals surface area contributed by atoms with E-state index in [0.29, 0.717) is 0 Å². The summed E-state index contributed by atoms with van der Waals surface area (Å²) in [6.45, 7) is -0.511. The third-order valence-electron chi connectivity index (χ3n) is 2.76. The van der Waals surface area contributed by atoms with Gasteiger partial charge in [-0.2, -0.15) is 4.98 Å². The first-order valence-electron chi connectivity index (χ1n) is 5.91. The van der Waals surface area contributed by atoms with Crippen molar-refractivity contribution in [3.63, 3.8) is 0 Å². The molecule has 0 fully saturated rings. The number of nitrogen functional groups attached to an aromatic ring is 1. The first-order chi connectivity index (χ1) is 9.93. The minimum absolute atomic E-state index is 0.0583. The number of ether oxygens (including phenoxy) is 1. The van der Waals surface area contributed by atoms with E-state index < -0.39 is 23.1 Å². The van der Waals surface area contributed by atoms with Crippen LogP contribution in [0.1, 0.15) is 5.37 Å². The number of anilines is 1. The summed E-state index contributed by atoms with van der Waals surface area (Å²) in [5.41, 5.74) is 9.83. The van der Waals surface area contributed by atoms with Gasteiger partial charge in [-0.25, -0.2) is 4.79 Å². The summed E-state index contributed by atoms with van der Waals surface area (Å²) in [4.78, 5) is 26.5. The van der Waals surface area contributed by atoms with Crippen LogP contribution < -0.4 is 17.2 Å². The molecule has 0 bridgehead atoms. The summed E-state index contributed by atoms with van der Waals surface area (Å²) >= 11 is 0.996. The molecule has 1 aliphatic rings. The Morgan fingerprint density at radius 2 is 2.29 bits per heavy atom. The first kappa shape index (κ1) is 15.4. The molecule has 1 aromatic rings.